The standard InChI is InChI=1S/C10H9BrCl2O/c11-6-10(3-4-10)14-9-2-1-7(12)5-8(9)13/h1-2,5H,3-4,6H2. The first kappa shape index (κ1) is 10.6. The maximum Gasteiger partial charge on any atom is 0.138 e. The first-order chi connectivity index (χ1) is 6.65. The fourth-order valence-corrected chi connectivity index (χ4v) is 2.32. The number of alkyl halides is 1. The highest BCUT2D eigenvalue weighted by molar-refractivity contribution is 9.09. The summed E-state index contributed by atoms with van der Waals surface area (Å²) in [5, 5.41) is 2.05. The van der Waals surface area contributed by atoms with E-state index < -0.39 is 0 Å². The predicted octanol–water partition coefficient (Wildman–Crippen LogP) is 4.30. The van der Waals surface area contributed by atoms with Crippen LogP contribution in [0.5, 0.6) is 5.75 Å². The lowest BCUT2D eigenvalue weighted by molar-refractivity contribution is 0.207. The lowest BCUT2D eigenvalue weighted by atomic mass is 10.3. The normalized spacial score (nSPS) is 17.9. The highest BCUT2D eigenvalue weighted by Crippen LogP contribution is 2.43. The SMILES string of the molecule is Clc1ccc(OC2(CBr)CC2)c(Cl)c1. The minimum absolute atomic E-state index is 0.0303. The van der Waals surface area contributed by atoms with Gasteiger partial charge in [-0.05, 0) is 31.0 Å². The summed E-state index contributed by atoms with van der Waals surface area (Å²) in [6.45, 7) is 0. The van der Waals surface area contributed by atoms with E-state index in [1.54, 1.807) is 12.1 Å². The third-order valence-electron chi connectivity index (χ3n) is 2.27. The Morgan fingerprint density at radius 3 is 2.57 bits per heavy atom. The molecule has 1 saturated carbocycles. The molecule has 1 aromatic carbocycles. The predicted molar refractivity (Wildman–Crippen MR) is 62.8 cm³/mol. The Morgan fingerprint density at radius 1 is 1.36 bits per heavy atom. The maximum atomic E-state index is 6.00. The molecule has 0 heterocycles. The van der Waals surface area contributed by atoms with E-state index in [-0.39, 0.29) is 5.60 Å². The largest absolute Gasteiger partial charge is 0.485 e. The van der Waals surface area contributed by atoms with Gasteiger partial charge in [0.1, 0.15) is 11.4 Å². The second-order valence-electron chi connectivity index (χ2n) is 3.49. The number of benzene rings is 1. The van der Waals surface area contributed by atoms with Gasteiger partial charge in [0.15, 0.2) is 0 Å². The Hall–Kier alpha value is 0.0800. The van der Waals surface area contributed by atoms with Gasteiger partial charge in [0.05, 0.1) is 5.02 Å². The zero-order chi connectivity index (χ0) is 10.2. The minimum Gasteiger partial charge on any atom is -0.485 e. The van der Waals surface area contributed by atoms with Gasteiger partial charge in [-0.1, -0.05) is 39.1 Å². The highest BCUT2D eigenvalue weighted by Gasteiger charge is 2.44. The number of ether oxygens (including phenoxy) is 1. The van der Waals surface area contributed by atoms with Gasteiger partial charge in [0.25, 0.3) is 0 Å². The molecule has 1 aliphatic rings. The molecule has 0 unspecified atom stereocenters. The van der Waals surface area contributed by atoms with Crippen molar-refractivity contribution in [2.24, 2.45) is 0 Å². The van der Waals surface area contributed by atoms with E-state index in [9.17, 15) is 0 Å². The smallest absolute Gasteiger partial charge is 0.138 e. The molecule has 0 bridgehead atoms. The van der Waals surface area contributed by atoms with Gasteiger partial charge in [0, 0.05) is 10.4 Å². The van der Waals surface area contributed by atoms with E-state index in [0.29, 0.717) is 15.8 Å². The van der Waals surface area contributed by atoms with Crippen LogP contribution in [0.3, 0.4) is 0 Å². The van der Waals surface area contributed by atoms with Crippen molar-refractivity contribution in [2.45, 2.75) is 18.4 Å². The van der Waals surface area contributed by atoms with Gasteiger partial charge >= 0.3 is 0 Å². The highest BCUT2D eigenvalue weighted by atomic mass is 79.9. The van der Waals surface area contributed by atoms with Crippen molar-refractivity contribution < 1.29 is 4.74 Å². The van der Waals surface area contributed by atoms with Crippen molar-refractivity contribution in [3.63, 3.8) is 0 Å². The molecule has 1 aliphatic carbocycles. The molecule has 0 N–H and O–H groups in total. The number of rotatable bonds is 3. The zero-order valence-electron chi connectivity index (χ0n) is 7.40. The maximum absolute atomic E-state index is 6.00. The van der Waals surface area contributed by atoms with Crippen molar-refractivity contribution >= 4 is 39.1 Å². The number of hydrogen-bond acceptors (Lipinski definition) is 1. The van der Waals surface area contributed by atoms with Crippen molar-refractivity contribution in [3.8, 4) is 5.75 Å². The molecule has 4 heteroatoms. The van der Waals surface area contributed by atoms with Crippen molar-refractivity contribution in [1.82, 2.24) is 0 Å². The summed E-state index contributed by atoms with van der Waals surface area (Å²) in [6, 6.07) is 5.29. The van der Waals surface area contributed by atoms with Crippen molar-refractivity contribution in [3.05, 3.63) is 28.2 Å². The topological polar surface area (TPSA) is 9.23 Å². The third kappa shape index (κ3) is 2.18. The fraction of sp³-hybridized carbons (Fsp3) is 0.400. The summed E-state index contributed by atoms with van der Waals surface area (Å²) < 4.78 is 5.81. The summed E-state index contributed by atoms with van der Waals surface area (Å²) in [4.78, 5) is 0. The first-order valence-corrected chi connectivity index (χ1v) is 6.23. The third-order valence-corrected chi connectivity index (χ3v) is 3.82. The summed E-state index contributed by atoms with van der Waals surface area (Å²) in [7, 11) is 0. The van der Waals surface area contributed by atoms with Crippen molar-refractivity contribution in [2.75, 3.05) is 5.33 Å². The summed E-state index contributed by atoms with van der Waals surface area (Å²) in [5.74, 6) is 0.716. The van der Waals surface area contributed by atoms with Gasteiger partial charge in [-0.3, -0.25) is 0 Å². The van der Waals surface area contributed by atoms with E-state index in [4.69, 9.17) is 27.9 Å². The quantitative estimate of drug-likeness (QED) is 0.756. The van der Waals surface area contributed by atoms with Crippen LogP contribution in [0.2, 0.25) is 10.0 Å². The van der Waals surface area contributed by atoms with Gasteiger partial charge in [-0.15, -0.1) is 0 Å². The average Bonchev–Trinajstić information content (AvgIpc) is 2.91. The van der Waals surface area contributed by atoms with Crippen molar-refractivity contribution in [1.29, 1.82) is 0 Å². The van der Waals surface area contributed by atoms with Crippen LogP contribution in [-0.2, 0) is 0 Å². The molecule has 0 saturated heterocycles. The molecule has 1 nitrogen and oxygen atoms in total. The molecular weight excluding hydrogens is 287 g/mol. The van der Waals surface area contributed by atoms with E-state index in [1.807, 2.05) is 6.07 Å². The molecule has 0 atom stereocenters. The van der Waals surface area contributed by atoms with Crippen LogP contribution < -0.4 is 4.74 Å². The molecule has 0 aromatic heterocycles. The molecule has 0 aliphatic heterocycles. The molecule has 1 fully saturated rings. The Balaban J connectivity index is 2.17. The van der Waals surface area contributed by atoms with Crippen LogP contribution in [0, 0.1) is 0 Å². The van der Waals surface area contributed by atoms with E-state index in [1.165, 1.54) is 0 Å². The summed E-state index contributed by atoms with van der Waals surface area (Å²) in [5.41, 5.74) is -0.0303. The molecule has 2 rings (SSSR count). The molecule has 0 radical (unpaired) electrons. The monoisotopic (exact) mass is 294 g/mol. The molecule has 1 aromatic rings. The Kier molecular flexibility index (Phi) is 2.96. The summed E-state index contributed by atoms with van der Waals surface area (Å²) in [6.07, 6.45) is 2.16. The van der Waals surface area contributed by atoms with Crippen LogP contribution in [0.25, 0.3) is 0 Å². The number of hydrogen-bond donors (Lipinski definition) is 0. The average molecular weight is 296 g/mol. The van der Waals surface area contributed by atoms with Gasteiger partial charge in [-0.2, -0.15) is 0 Å². The van der Waals surface area contributed by atoms with Crippen LogP contribution >= 0.6 is 39.1 Å². The minimum atomic E-state index is -0.0303. The van der Waals surface area contributed by atoms with E-state index in [0.717, 1.165) is 18.2 Å². The second kappa shape index (κ2) is 3.92. The van der Waals surface area contributed by atoms with Crippen LogP contribution in [0.1, 0.15) is 12.8 Å². The summed E-state index contributed by atoms with van der Waals surface area (Å²) >= 11 is 15.2. The van der Waals surface area contributed by atoms with Crippen LogP contribution in [0.4, 0.5) is 0 Å². The fourth-order valence-electron chi connectivity index (χ4n) is 1.19. The lowest BCUT2D eigenvalue weighted by Gasteiger charge is -2.16. The molecule has 0 amide bonds. The second-order valence-corrected chi connectivity index (χ2v) is 4.90. The van der Waals surface area contributed by atoms with Gasteiger partial charge in [-0.25, -0.2) is 0 Å². The molecule has 0 spiro atoms. The first-order valence-electron chi connectivity index (χ1n) is 4.35. The zero-order valence-corrected chi connectivity index (χ0v) is 10.5. The molecule has 76 valence electrons. The van der Waals surface area contributed by atoms with E-state index >= 15 is 0 Å². The lowest BCUT2D eigenvalue weighted by Crippen LogP contribution is -2.19. The Morgan fingerprint density at radius 2 is 2.07 bits per heavy atom. The Labute approximate surface area is 101 Å². The molecular formula is C10H9BrCl2O. The number of halogens is 3. The van der Waals surface area contributed by atoms with Crippen LogP contribution in [0.15, 0.2) is 18.2 Å². The van der Waals surface area contributed by atoms with Crippen LogP contribution in [-0.4, -0.2) is 10.9 Å². The Bertz CT molecular complexity index is 350. The van der Waals surface area contributed by atoms with Gasteiger partial charge < -0.3 is 4.74 Å². The van der Waals surface area contributed by atoms with E-state index in [2.05, 4.69) is 15.9 Å². The molecule has 14 heavy (non-hydrogen) atoms. The van der Waals surface area contributed by atoms with Gasteiger partial charge in [0.2, 0.25) is 0 Å².